The van der Waals surface area contributed by atoms with Crippen molar-refractivity contribution in [3.8, 4) is 11.1 Å². The van der Waals surface area contributed by atoms with Crippen molar-refractivity contribution in [2.45, 2.75) is 26.3 Å². The fraction of sp³-hybridized carbons (Fsp3) is 0.267. The number of rotatable bonds is 2. The number of nitrogens with one attached hydrogen (secondary N) is 1. The molecular weight excluding hydrogens is 208 g/mol. The van der Waals surface area contributed by atoms with Crippen molar-refractivity contribution >= 4 is 5.69 Å². The molecule has 2 heteroatoms. The Morgan fingerprint density at radius 1 is 1.00 bits per heavy atom. The van der Waals surface area contributed by atoms with E-state index in [0.29, 0.717) is 0 Å². The molecule has 1 aromatic heterocycles. The Morgan fingerprint density at radius 3 is 2.41 bits per heavy atom. The second kappa shape index (κ2) is 4.58. The van der Waals surface area contributed by atoms with Crippen LogP contribution in [-0.2, 0) is 0 Å². The molecule has 0 spiro atoms. The van der Waals surface area contributed by atoms with Gasteiger partial charge in [-0.3, -0.25) is 4.98 Å². The maximum absolute atomic E-state index is 4.14. The van der Waals surface area contributed by atoms with Crippen molar-refractivity contribution in [1.82, 2.24) is 4.98 Å². The smallest absolute Gasteiger partial charge is 0.0350 e. The van der Waals surface area contributed by atoms with E-state index in [1.54, 1.807) is 6.20 Å². The van der Waals surface area contributed by atoms with E-state index in [4.69, 9.17) is 0 Å². The highest BCUT2D eigenvalue weighted by molar-refractivity contribution is 5.67. The minimum Gasteiger partial charge on any atom is -0.380 e. The number of hydrogen-bond acceptors (Lipinski definition) is 2. The molecule has 0 saturated carbocycles. The van der Waals surface area contributed by atoms with Gasteiger partial charge in [-0.2, -0.15) is 0 Å². The Bertz CT molecular complexity index is 484. The van der Waals surface area contributed by atoms with Gasteiger partial charge in [-0.05, 0) is 44.5 Å². The summed E-state index contributed by atoms with van der Waals surface area (Å²) in [5, 5.41) is 3.47. The molecule has 0 saturated heterocycles. The molecule has 2 aromatic rings. The van der Waals surface area contributed by atoms with Crippen molar-refractivity contribution in [1.29, 1.82) is 0 Å². The number of aromatic nitrogens is 1. The quantitative estimate of drug-likeness (QED) is 0.838. The average Bonchev–Trinajstić information content (AvgIpc) is 2.28. The van der Waals surface area contributed by atoms with Crippen LogP contribution in [0.5, 0.6) is 0 Å². The van der Waals surface area contributed by atoms with Crippen LogP contribution in [-0.4, -0.2) is 10.5 Å². The van der Waals surface area contributed by atoms with E-state index in [9.17, 15) is 0 Å². The van der Waals surface area contributed by atoms with E-state index in [0.717, 1.165) is 11.3 Å². The van der Waals surface area contributed by atoms with E-state index in [1.165, 1.54) is 5.56 Å². The van der Waals surface area contributed by atoms with Crippen LogP contribution in [0.15, 0.2) is 48.8 Å². The predicted molar refractivity (Wildman–Crippen MR) is 73.0 cm³/mol. The summed E-state index contributed by atoms with van der Waals surface area (Å²) in [6.45, 7) is 6.47. The van der Waals surface area contributed by atoms with Crippen LogP contribution in [0, 0.1) is 0 Å². The molecule has 1 heterocycles. The molecule has 0 fully saturated rings. The van der Waals surface area contributed by atoms with Gasteiger partial charge in [0, 0.05) is 29.2 Å². The fourth-order valence-corrected chi connectivity index (χ4v) is 1.74. The monoisotopic (exact) mass is 226 g/mol. The predicted octanol–water partition coefficient (Wildman–Crippen LogP) is 3.96. The average molecular weight is 226 g/mol. The van der Waals surface area contributed by atoms with Gasteiger partial charge in [0.2, 0.25) is 0 Å². The molecule has 0 radical (unpaired) electrons. The number of anilines is 1. The summed E-state index contributed by atoms with van der Waals surface area (Å²) in [6.07, 6.45) is 3.68. The number of benzene rings is 1. The van der Waals surface area contributed by atoms with Crippen molar-refractivity contribution in [2.24, 2.45) is 0 Å². The molecule has 0 aliphatic rings. The first-order valence-electron chi connectivity index (χ1n) is 5.83. The lowest BCUT2D eigenvalue weighted by Crippen LogP contribution is -2.25. The molecule has 1 aromatic carbocycles. The second-order valence-electron chi connectivity index (χ2n) is 5.20. The van der Waals surface area contributed by atoms with Crippen LogP contribution in [0.1, 0.15) is 20.8 Å². The molecule has 2 nitrogen and oxygen atoms in total. The second-order valence-corrected chi connectivity index (χ2v) is 5.20. The highest BCUT2D eigenvalue weighted by Crippen LogP contribution is 2.23. The molecule has 2 rings (SSSR count). The van der Waals surface area contributed by atoms with E-state index in [1.807, 2.05) is 12.3 Å². The summed E-state index contributed by atoms with van der Waals surface area (Å²) in [5.41, 5.74) is 3.55. The van der Waals surface area contributed by atoms with Crippen LogP contribution in [0.4, 0.5) is 5.69 Å². The molecule has 0 unspecified atom stereocenters. The molecule has 17 heavy (non-hydrogen) atoms. The van der Waals surface area contributed by atoms with Gasteiger partial charge < -0.3 is 5.32 Å². The third-order valence-corrected chi connectivity index (χ3v) is 2.38. The Hall–Kier alpha value is -1.83. The molecule has 0 bridgehead atoms. The number of hydrogen-bond donors (Lipinski definition) is 1. The Kier molecular flexibility index (Phi) is 3.14. The lowest BCUT2D eigenvalue weighted by Gasteiger charge is -2.22. The van der Waals surface area contributed by atoms with Gasteiger partial charge >= 0.3 is 0 Å². The molecule has 0 atom stereocenters. The van der Waals surface area contributed by atoms with Crippen molar-refractivity contribution in [2.75, 3.05) is 5.32 Å². The number of pyridine rings is 1. The van der Waals surface area contributed by atoms with Crippen molar-refractivity contribution in [3.05, 3.63) is 48.8 Å². The Labute approximate surface area is 103 Å². The normalized spacial score (nSPS) is 11.2. The summed E-state index contributed by atoms with van der Waals surface area (Å²) in [5.74, 6) is 0. The summed E-state index contributed by atoms with van der Waals surface area (Å²) >= 11 is 0. The van der Waals surface area contributed by atoms with Gasteiger partial charge in [0.1, 0.15) is 0 Å². The summed E-state index contributed by atoms with van der Waals surface area (Å²) in [4.78, 5) is 4.14. The lowest BCUT2D eigenvalue weighted by molar-refractivity contribution is 0.634. The van der Waals surface area contributed by atoms with Gasteiger partial charge in [0.25, 0.3) is 0 Å². The van der Waals surface area contributed by atoms with Crippen LogP contribution in [0.2, 0.25) is 0 Å². The first-order chi connectivity index (χ1) is 8.04. The first-order valence-corrected chi connectivity index (χ1v) is 5.83. The van der Waals surface area contributed by atoms with Gasteiger partial charge in [0.15, 0.2) is 0 Å². The summed E-state index contributed by atoms with van der Waals surface area (Å²) < 4.78 is 0. The zero-order valence-corrected chi connectivity index (χ0v) is 10.6. The molecule has 0 aliphatic carbocycles. The maximum Gasteiger partial charge on any atom is 0.0350 e. The van der Waals surface area contributed by atoms with Gasteiger partial charge in [-0.1, -0.05) is 18.2 Å². The molecule has 0 amide bonds. The standard InChI is InChI=1S/C15H18N2/c1-15(2,3)17-14-8-4-6-12(10-14)13-7-5-9-16-11-13/h4-11,17H,1-3H3. The number of nitrogens with zero attached hydrogens (tertiary/aromatic N) is 1. The molecule has 0 aliphatic heterocycles. The minimum absolute atomic E-state index is 0.0769. The molecule has 88 valence electrons. The van der Waals surface area contributed by atoms with Crippen molar-refractivity contribution < 1.29 is 0 Å². The largest absolute Gasteiger partial charge is 0.380 e. The van der Waals surface area contributed by atoms with E-state index in [-0.39, 0.29) is 5.54 Å². The first kappa shape index (κ1) is 11.6. The van der Waals surface area contributed by atoms with Crippen LogP contribution >= 0.6 is 0 Å². The lowest BCUT2D eigenvalue weighted by atomic mass is 10.0. The van der Waals surface area contributed by atoms with Crippen LogP contribution in [0.25, 0.3) is 11.1 Å². The summed E-state index contributed by atoms with van der Waals surface area (Å²) in [7, 11) is 0. The zero-order chi connectivity index (χ0) is 12.3. The topological polar surface area (TPSA) is 24.9 Å². The van der Waals surface area contributed by atoms with Crippen LogP contribution < -0.4 is 5.32 Å². The van der Waals surface area contributed by atoms with Crippen molar-refractivity contribution in [3.63, 3.8) is 0 Å². The minimum atomic E-state index is 0.0769. The van der Waals surface area contributed by atoms with Crippen LogP contribution in [0.3, 0.4) is 0 Å². The Balaban J connectivity index is 2.29. The molecular formula is C15H18N2. The van der Waals surface area contributed by atoms with E-state index in [2.05, 4.69) is 61.4 Å². The highest BCUT2D eigenvalue weighted by atomic mass is 14.9. The van der Waals surface area contributed by atoms with E-state index >= 15 is 0 Å². The highest BCUT2D eigenvalue weighted by Gasteiger charge is 2.09. The third kappa shape index (κ3) is 3.31. The van der Waals surface area contributed by atoms with Gasteiger partial charge in [0.05, 0.1) is 0 Å². The van der Waals surface area contributed by atoms with Gasteiger partial charge in [-0.15, -0.1) is 0 Å². The van der Waals surface area contributed by atoms with E-state index < -0.39 is 0 Å². The summed E-state index contributed by atoms with van der Waals surface area (Å²) in [6, 6.07) is 12.4. The SMILES string of the molecule is CC(C)(C)Nc1cccc(-c2cccnc2)c1. The molecule has 1 N–H and O–H groups in total. The fourth-order valence-electron chi connectivity index (χ4n) is 1.74. The van der Waals surface area contributed by atoms with Gasteiger partial charge in [-0.25, -0.2) is 0 Å². The zero-order valence-electron chi connectivity index (χ0n) is 10.6. The Morgan fingerprint density at radius 2 is 1.76 bits per heavy atom. The maximum atomic E-state index is 4.14. The third-order valence-electron chi connectivity index (χ3n) is 2.38.